The second-order valence-corrected chi connectivity index (χ2v) is 2.16. The normalized spacial score (nSPS) is 9.91. The van der Waals surface area contributed by atoms with Crippen LogP contribution >= 0.6 is 0 Å². The Morgan fingerprint density at radius 3 is 1.45 bits per heavy atom. The average molecular weight is 160 g/mol. The van der Waals surface area contributed by atoms with E-state index in [-0.39, 0.29) is 0 Å². The van der Waals surface area contributed by atoms with Gasteiger partial charge in [-0.3, -0.25) is 0 Å². The van der Waals surface area contributed by atoms with E-state index in [9.17, 15) is 0 Å². The van der Waals surface area contributed by atoms with Gasteiger partial charge in [-0.15, -0.1) is 13.2 Å². The third kappa shape index (κ3) is 42.0. The molecule has 0 heterocycles. The molecule has 1 unspecified atom stereocenters. The lowest BCUT2D eigenvalue weighted by Gasteiger charge is -2.01. The van der Waals surface area contributed by atoms with Crippen molar-refractivity contribution in [3.05, 3.63) is 13.2 Å². The second-order valence-electron chi connectivity index (χ2n) is 2.16. The molecule has 0 fully saturated rings. The molecule has 0 N–H and O–H groups in total. The molecule has 0 spiro atoms. The van der Waals surface area contributed by atoms with Crippen molar-refractivity contribution in [2.75, 3.05) is 7.11 Å². The summed E-state index contributed by atoms with van der Waals surface area (Å²) in [6, 6.07) is 0. The summed E-state index contributed by atoms with van der Waals surface area (Å²) in [6.45, 7) is 14.4. The van der Waals surface area contributed by atoms with Crippen LogP contribution in [-0.2, 0) is 4.74 Å². The number of ether oxygens (including phenoxy) is 1. The topological polar surface area (TPSA) is 9.23 Å². The first kappa shape index (κ1) is 17.0. The van der Waals surface area contributed by atoms with Crippen LogP contribution in [0.3, 0.4) is 0 Å². The first-order valence-electron chi connectivity index (χ1n) is 4.25. The van der Waals surface area contributed by atoms with Crippen LogP contribution in [0.1, 0.15) is 40.5 Å². The van der Waals surface area contributed by atoms with Crippen LogP contribution < -0.4 is 0 Å². The monoisotopic (exact) mass is 160 g/mol. The standard InChI is InChI=1S/C5H12O.C3H8.C2H4/c1-4-5(2)6-3;1-3-2;1-2/h5H,4H2,1-3H3;3H2,1-2H3;1-2H2. The molecule has 0 aromatic carbocycles. The minimum Gasteiger partial charge on any atom is -0.382 e. The second kappa shape index (κ2) is 22.6. The maximum atomic E-state index is 4.90. The minimum absolute atomic E-state index is 0.435. The van der Waals surface area contributed by atoms with E-state index in [0.29, 0.717) is 6.10 Å². The molecule has 0 rings (SSSR count). The van der Waals surface area contributed by atoms with Crippen LogP contribution in [0, 0.1) is 0 Å². The Labute approximate surface area is 72.5 Å². The van der Waals surface area contributed by atoms with E-state index >= 15 is 0 Å². The molecule has 0 aromatic heterocycles. The van der Waals surface area contributed by atoms with Crippen molar-refractivity contribution < 1.29 is 4.74 Å². The van der Waals surface area contributed by atoms with Crippen LogP contribution in [0.15, 0.2) is 13.2 Å². The lowest BCUT2D eigenvalue weighted by molar-refractivity contribution is 0.115. The minimum atomic E-state index is 0.435. The average Bonchev–Trinajstić information content (AvgIpc) is 2.08. The number of rotatable bonds is 2. The molecule has 0 radical (unpaired) electrons. The summed E-state index contributed by atoms with van der Waals surface area (Å²) in [5.41, 5.74) is 0. The lowest BCUT2D eigenvalue weighted by Crippen LogP contribution is -2.00. The zero-order valence-electron chi connectivity index (χ0n) is 8.81. The van der Waals surface area contributed by atoms with E-state index in [1.54, 1.807) is 7.11 Å². The summed E-state index contributed by atoms with van der Waals surface area (Å²) < 4.78 is 4.90. The Morgan fingerprint density at radius 1 is 1.18 bits per heavy atom. The maximum Gasteiger partial charge on any atom is 0.0540 e. The Bertz CT molecular complexity index is 40.1. The molecular weight excluding hydrogens is 136 g/mol. The van der Waals surface area contributed by atoms with E-state index in [1.165, 1.54) is 6.42 Å². The van der Waals surface area contributed by atoms with Crippen molar-refractivity contribution in [1.82, 2.24) is 0 Å². The molecule has 0 aliphatic heterocycles. The van der Waals surface area contributed by atoms with Gasteiger partial charge in [0.1, 0.15) is 0 Å². The van der Waals surface area contributed by atoms with E-state index in [0.717, 1.165) is 6.42 Å². The number of hydrogen-bond donors (Lipinski definition) is 0. The van der Waals surface area contributed by atoms with Crippen LogP contribution in [0.4, 0.5) is 0 Å². The summed E-state index contributed by atoms with van der Waals surface area (Å²) in [7, 11) is 1.73. The van der Waals surface area contributed by atoms with Crippen molar-refractivity contribution in [3.63, 3.8) is 0 Å². The molecule has 1 atom stereocenters. The van der Waals surface area contributed by atoms with E-state index in [4.69, 9.17) is 4.74 Å². The molecule has 0 bridgehead atoms. The van der Waals surface area contributed by atoms with Gasteiger partial charge in [0.2, 0.25) is 0 Å². The molecule has 0 aliphatic rings. The molecule has 0 saturated carbocycles. The number of hydrogen-bond acceptors (Lipinski definition) is 1. The van der Waals surface area contributed by atoms with Crippen LogP contribution in [0.25, 0.3) is 0 Å². The molecule has 0 amide bonds. The van der Waals surface area contributed by atoms with E-state index in [1.807, 2.05) is 0 Å². The van der Waals surface area contributed by atoms with Gasteiger partial charge in [-0.1, -0.05) is 27.2 Å². The van der Waals surface area contributed by atoms with Crippen LogP contribution in [-0.4, -0.2) is 13.2 Å². The molecule has 70 valence electrons. The third-order valence-corrected chi connectivity index (χ3v) is 0.977. The first-order chi connectivity index (χ1) is 5.22. The van der Waals surface area contributed by atoms with Gasteiger partial charge < -0.3 is 4.74 Å². The predicted molar refractivity (Wildman–Crippen MR) is 54.0 cm³/mol. The molecule has 0 saturated heterocycles. The van der Waals surface area contributed by atoms with Crippen LogP contribution in [0.2, 0.25) is 0 Å². The fourth-order valence-corrected chi connectivity index (χ4v) is 0.167. The van der Waals surface area contributed by atoms with Crippen molar-refractivity contribution in [3.8, 4) is 0 Å². The smallest absolute Gasteiger partial charge is 0.0540 e. The van der Waals surface area contributed by atoms with Gasteiger partial charge in [0.05, 0.1) is 6.10 Å². The van der Waals surface area contributed by atoms with Gasteiger partial charge in [0.25, 0.3) is 0 Å². The zero-order valence-corrected chi connectivity index (χ0v) is 8.81. The van der Waals surface area contributed by atoms with Crippen molar-refractivity contribution in [2.45, 2.75) is 46.6 Å². The highest BCUT2D eigenvalue weighted by molar-refractivity contribution is 4.38. The summed E-state index contributed by atoms with van der Waals surface area (Å²) in [6.07, 6.45) is 2.79. The van der Waals surface area contributed by atoms with Gasteiger partial charge in [0, 0.05) is 7.11 Å². The summed E-state index contributed by atoms with van der Waals surface area (Å²) >= 11 is 0. The largest absolute Gasteiger partial charge is 0.382 e. The van der Waals surface area contributed by atoms with E-state index < -0.39 is 0 Å². The molecule has 0 aromatic rings. The van der Waals surface area contributed by atoms with Gasteiger partial charge in [-0.05, 0) is 13.3 Å². The predicted octanol–water partition coefficient (Wildman–Crippen LogP) is 3.65. The first-order valence-corrected chi connectivity index (χ1v) is 4.25. The molecule has 11 heavy (non-hydrogen) atoms. The van der Waals surface area contributed by atoms with Crippen LogP contribution in [0.5, 0.6) is 0 Å². The Kier molecular flexibility index (Phi) is 34.9. The Hall–Kier alpha value is -0.300. The van der Waals surface area contributed by atoms with Gasteiger partial charge in [0.15, 0.2) is 0 Å². The highest BCUT2D eigenvalue weighted by Crippen LogP contribution is 1.89. The molecule has 1 heteroatoms. The van der Waals surface area contributed by atoms with Gasteiger partial charge in [-0.2, -0.15) is 0 Å². The molecule has 1 nitrogen and oxygen atoms in total. The van der Waals surface area contributed by atoms with Crippen molar-refractivity contribution >= 4 is 0 Å². The van der Waals surface area contributed by atoms with Crippen molar-refractivity contribution in [1.29, 1.82) is 0 Å². The quantitative estimate of drug-likeness (QED) is 0.560. The zero-order chi connectivity index (χ0) is 9.70. The summed E-state index contributed by atoms with van der Waals surface area (Å²) in [5.74, 6) is 0. The van der Waals surface area contributed by atoms with E-state index in [2.05, 4.69) is 40.9 Å². The SMILES string of the molecule is C=C.CCC.CCC(C)OC. The third-order valence-electron chi connectivity index (χ3n) is 0.977. The van der Waals surface area contributed by atoms with Gasteiger partial charge >= 0.3 is 0 Å². The van der Waals surface area contributed by atoms with Crippen molar-refractivity contribution in [2.24, 2.45) is 0 Å². The summed E-state index contributed by atoms with van der Waals surface area (Å²) in [4.78, 5) is 0. The summed E-state index contributed by atoms with van der Waals surface area (Å²) in [5, 5.41) is 0. The fraction of sp³-hybridized carbons (Fsp3) is 0.800. The highest BCUT2D eigenvalue weighted by atomic mass is 16.5. The maximum absolute atomic E-state index is 4.90. The Balaban J connectivity index is -0.000000109. The van der Waals surface area contributed by atoms with Gasteiger partial charge in [-0.25, -0.2) is 0 Å². The highest BCUT2D eigenvalue weighted by Gasteiger charge is 1.88. The molecular formula is C10H24O. The fourth-order valence-electron chi connectivity index (χ4n) is 0.167. The number of methoxy groups -OCH3 is 1. The molecule has 0 aliphatic carbocycles. The lowest BCUT2D eigenvalue weighted by atomic mass is 10.3. The Morgan fingerprint density at radius 2 is 1.45 bits per heavy atom.